The van der Waals surface area contributed by atoms with E-state index >= 15 is 0 Å². The lowest BCUT2D eigenvalue weighted by Crippen LogP contribution is -2.28. The molecular weight excluding hydrogens is 412 g/mol. The summed E-state index contributed by atoms with van der Waals surface area (Å²) in [7, 11) is 0. The zero-order valence-corrected chi connectivity index (χ0v) is 18.1. The Bertz CT molecular complexity index is 1000. The maximum Gasteiger partial charge on any atom is 0.338 e. The number of benzene rings is 2. The van der Waals surface area contributed by atoms with E-state index in [2.05, 4.69) is 5.32 Å². The Kier molecular flexibility index (Phi) is 7.59. The Morgan fingerprint density at radius 2 is 1.75 bits per heavy atom. The van der Waals surface area contributed by atoms with Gasteiger partial charge in [-0.3, -0.25) is 14.4 Å². The second-order valence-electron chi connectivity index (χ2n) is 7.34. The van der Waals surface area contributed by atoms with Crippen LogP contribution >= 0.6 is 0 Å². The summed E-state index contributed by atoms with van der Waals surface area (Å²) in [6.07, 6.45) is 0.823. The molecule has 0 radical (unpaired) electrons. The van der Waals surface area contributed by atoms with Crippen LogP contribution < -0.4 is 10.2 Å². The van der Waals surface area contributed by atoms with Gasteiger partial charge in [-0.1, -0.05) is 25.1 Å². The number of para-hydroxylation sites is 1. The van der Waals surface area contributed by atoms with E-state index in [4.69, 9.17) is 9.47 Å². The van der Waals surface area contributed by atoms with Crippen molar-refractivity contribution in [2.45, 2.75) is 26.7 Å². The molecule has 0 aromatic heterocycles. The molecule has 3 rings (SSSR count). The molecule has 0 bridgehead atoms. The van der Waals surface area contributed by atoms with Crippen molar-refractivity contribution in [1.29, 1.82) is 0 Å². The Morgan fingerprint density at radius 3 is 2.44 bits per heavy atom. The van der Waals surface area contributed by atoms with E-state index < -0.39 is 30.4 Å². The van der Waals surface area contributed by atoms with Crippen LogP contribution in [0, 0.1) is 5.92 Å². The summed E-state index contributed by atoms with van der Waals surface area (Å²) in [4.78, 5) is 50.3. The Hall–Kier alpha value is -3.68. The van der Waals surface area contributed by atoms with Gasteiger partial charge in [-0.25, -0.2) is 4.79 Å². The van der Waals surface area contributed by atoms with Crippen LogP contribution in [-0.4, -0.2) is 43.5 Å². The second-order valence-corrected chi connectivity index (χ2v) is 7.34. The van der Waals surface area contributed by atoms with Crippen molar-refractivity contribution in [2.75, 3.05) is 30.0 Å². The molecule has 1 aliphatic heterocycles. The van der Waals surface area contributed by atoms with Gasteiger partial charge in [0.25, 0.3) is 5.91 Å². The lowest BCUT2D eigenvalue weighted by Gasteiger charge is -2.19. The third-order valence-electron chi connectivity index (χ3n) is 5.15. The molecule has 0 unspecified atom stereocenters. The fraction of sp³-hybridized carbons (Fsp3) is 0.333. The van der Waals surface area contributed by atoms with Gasteiger partial charge < -0.3 is 19.7 Å². The summed E-state index contributed by atoms with van der Waals surface area (Å²) < 4.78 is 10.0. The first-order valence-corrected chi connectivity index (χ1v) is 10.5. The molecule has 0 spiro atoms. The predicted octanol–water partition coefficient (Wildman–Crippen LogP) is 2.96. The number of nitrogens with zero attached hydrogens (tertiary/aromatic N) is 1. The van der Waals surface area contributed by atoms with Crippen molar-refractivity contribution < 1.29 is 28.7 Å². The highest BCUT2D eigenvalue weighted by molar-refractivity contribution is 6.00. The molecule has 1 N–H and O–H groups in total. The monoisotopic (exact) mass is 438 g/mol. The Balaban J connectivity index is 1.51. The van der Waals surface area contributed by atoms with Gasteiger partial charge in [-0.2, -0.15) is 0 Å². The molecule has 2 aromatic carbocycles. The van der Waals surface area contributed by atoms with Gasteiger partial charge in [0.2, 0.25) is 5.91 Å². The van der Waals surface area contributed by atoms with Crippen LogP contribution in [0.15, 0.2) is 48.5 Å². The van der Waals surface area contributed by atoms with Gasteiger partial charge in [0, 0.05) is 24.3 Å². The standard InChI is InChI=1S/C24H26N2O6/c1-3-16-7-5-6-8-20(16)26-14-18(13-22(26)28)24(30)32-15-21(27)25-19-11-9-17(10-12-19)23(29)31-4-2/h5-12,18H,3-4,13-15H2,1-2H3,(H,25,27)/t18-/m0/s1. The maximum absolute atomic E-state index is 12.5. The van der Waals surface area contributed by atoms with Crippen LogP contribution in [-0.2, 0) is 30.3 Å². The largest absolute Gasteiger partial charge is 0.462 e. The van der Waals surface area contributed by atoms with Crippen LogP contribution in [0.3, 0.4) is 0 Å². The molecule has 1 aliphatic rings. The summed E-state index contributed by atoms with van der Waals surface area (Å²) in [5.41, 5.74) is 2.66. The van der Waals surface area contributed by atoms with Gasteiger partial charge in [0.15, 0.2) is 6.61 Å². The van der Waals surface area contributed by atoms with Gasteiger partial charge >= 0.3 is 11.9 Å². The zero-order valence-electron chi connectivity index (χ0n) is 18.1. The third-order valence-corrected chi connectivity index (χ3v) is 5.15. The molecule has 8 heteroatoms. The van der Waals surface area contributed by atoms with E-state index in [-0.39, 0.29) is 25.5 Å². The van der Waals surface area contributed by atoms with Gasteiger partial charge in [-0.15, -0.1) is 0 Å². The molecule has 2 aromatic rings. The number of hydrogen-bond donors (Lipinski definition) is 1. The molecule has 1 atom stereocenters. The molecule has 1 fully saturated rings. The topological polar surface area (TPSA) is 102 Å². The van der Waals surface area contributed by atoms with Crippen LogP contribution in [0.1, 0.15) is 36.2 Å². The number of carbonyl (C=O) groups excluding carboxylic acids is 4. The Labute approximate surface area is 186 Å². The minimum Gasteiger partial charge on any atom is -0.462 e. The van der Waals surface area contributed by atoms with Crippen molar-refractivity contribution in [1.82, 2.24) is 0 Å². The number of esters is 2. The molecule has 1 heterocycles. The Morgan fingerprint density at radius 1 is 1.03 bits per heavy atom. The van der Waals surface area contributed by atoms with E-state index in [9.17, 15) is 19.2 Å². The fourth-order valence-electron chi connectivity index (χ4n) is 3.53. The van der Waals surface area contributed by atoms with Crippen molar-refractivity contribution in [2.24, 2.45) is 5.92 Å². The van der Waals surface area contributed by atoms with E-state index in [1.54, 1.807) is 24.0 Å². The molecule has 8 nitrogen and oxygen atoms in total. The summed E-state index contributed by atoms with van der Waals surface area (Å²) in [5.74, 6) is -2.30. The van der Waals surface area contributed by atoms with Crippen LogP contribution in [0.2, 0.25) is 0 Å². The molecule has 2 amide bonds. The van der Waals surface area contributed by atoms with Crippen LogP contribution in [0.4, 0.5) is 11.4 Å². The minimum atomic E-state index is -0.621. The third kappa shape index (κ3) is 5.51. The van der Waals surface area contributed by atoms with E-state index in [0.717, 1.165) is 17.7 Å². The number of amides is 2. The highest BCUT2D eigenvalue weighted by Crippen LogP contribution is 2.29. The average Bonchev–Trinajstić information content (AvgIpc) is 3.19. The number of hydrogen-bond acceptors (Lipinski definition) is 6. The highest BCUT2D eigenvalue weighted by Gasteiger charge is 2.37. The number of anilines is 2. The van der Waals surface area contributed by atoms with E-state index in [1.807, 2.05) is 31.2 Å². The van der Waals surface area contributed by atoms with Crippen molar-refractivity contribution in [3.8, 4) is 0 Å². The summed E-state index contributed by atoms with van der Waals surface area (Å²) in [6, 6.07) is 13.8. The highest BCUT2D eigenvalue weighted by atomic mass is 16.5. The summed E-state index contributed by atoms with van der Waals surface area (Å²) in [5, 5.41) is 2.60. The molecule has 0 saturated carbocycles. The number of ether oxygens (including phenoxy) is 2. The first-order chi connectivity index (χ1) is 15.4. The van der Waals surface area contributed by atoms with Gasteiger partial charge in [-0.05, 0) is 49.2 Å². The second kappa shape index (κ2) is 10.6. The molecule has 168 valence electrons. The lowest BCUT2D eigenvalue weighted by molar-refractivity contribution is -0.151. The molecule has 1 saturated heterocycles. The van der Waals surface area contributed by atoms with Crippen LogP contribution in [0.25, 0.3) is 0 Å². The van der Waals surface area contributed by atoms with E-state index in [0.29, 0.717) is 11.3 Å². The van der Waals surface area contributed by atoms with Crippen molar-refractivity contribution in [3.63, 3.8) is 0 Å². The van der Waals surface area contributed by atoms with Crippen LogP contribution in [0.5, 0.6) is 0 Å². The summed E-state index contributed by atoms with van der Waals surface area (Å²) in [6.45, 7) is 3.77. The van der Waals surface area contributed by atoms with Crippen molar-refractivity contribution >= 4 is 35.1 Å². The van der Waals surface area contributed by atoms with Crippen molar-refractivity contribution in [3.05, 3.63) is 59.7 Å². The quantitative estimate of drug-likeness (QED) is 0.636. The number of carbonyl (C=O) groups is 4. The smallest absolute Gasteiger partial charge is 0.338 e. The molecule has 32 heavy (non-hydrogen) atoms. The van der Waals surface area contributed by atoms with Gasteiger partial charge in [0.1, 0.15) is 0 Å². The lowest BCUT2D eigenvalue weighted by atomic mass is 10.1. The number of nitrogens with one attached hydrogen (secondary N) is 1. The first kappa shape index (κ1) is 23.0. The molecular formula is C24H26N2O6. The number of rotatable bonds is 8. The van der Waals surface area contributed by atoms with E-state index in [1.165, 1.54) is 12.1 Å². The normalized spacial score (nSPS) is 15.4. The fourth-order valence-corrected chi connectivity index (χ4v) is 3.53. The van der Waals surface area contributed by atoms with Gasteiger partial charge in [0.05, 0.1) is 18.1 Å². The minimum absolute atomic E-state index is 0.0494. The maximum atomic E-state index is 12.5. The first-order valence-electron chi connectivity index (χ1n) is 10.5. The zero-order chi connectivity index (χ0) is 23.1. The summed E-state index contributed by atoms with van der Waals surface area (Å²) >= 11 is 0. The number of aryl methyl sites for hydroxylation is 1. The SMILES string of the molecule is CCOC(=O)c1ccc(NC(=O)COC(=O)[C@H]2CC(=O)N(c3ccccc3CC)C2)cc1. The average molecular weight is 438 g/mol. The molecule has 0 aliphatic carbocycles. The predicted molar refractivity (Wildman–Crippen MR) is 118 cm³/mol.